The van der Waals surface area contributed by atoms with Crippen LogP contribution in [0.5, 0.6) is 0 Å². The zero-order valence-corrected chi connectivity index (χ0v) is 8.65. The highest BCUT2D eigenvalue weighted by atomic mass is 19.4. The maximum Gasteiger partial charge on any atom is 0.431 e. The van der Waals surface area contributed by atoms with E-state index in [0.29, 0.717) is 17.4 Å². The molecule has 16 heavy (non-hydrogen) atoms. The molecule has 0 unspecified atom stereocenters. The molecule has 2 nitrogen and oxygen atoms in total. The van der Waals surface area contributed by atoms with Gasteiger partial charge in [0.25, 0.3) is 0 Å². The van der Waals surface area contributed by atoms with Gasteiger partial charge >= 0.3 is 6.18 Å². The van der Waals surface area contributed by atoms with Gasteiger partial charge in [0, 0.05) is 17.4 Å². The molecule has 5 heteroatoms. The summed E-state index contributed by atoms with van der Waals surface area (Å²) in [6.45, 7) is 2.08. The molecule has 86 valence electrons. The number of alkyl halides is 3. The first kappa shape index (κ1) is 11.0. The van der Waals surface area contributed by atoms with Gasteiger partial charge in [-0.25, -0.2) is 0 Å². The first-order valence-corrected chi connectivity index (χ1v) is 4.81. The Balaban J connectivity index is 2.66. The topological polar surface area (TPSA) is 41.8 Å². The Morgan fingerprint density at radius 2 is 1.94 bits per heavy atom. The largest absolute Gasteiger partial charge is 0.431 e. The Bertz CT molecular complexity index is 526. The first-order chi connectivity index (χ1) is 7.41. The van der Waals surface area contributed by atoms with E-state index in [4.69, 9.17) is 5.73 Å². The summed E-state index contributed by atoms with van der Waals surface area (Å²) in [6, 6.07) is 4.58. The van der Waals surface area contributed by atoms with E-state index in [1.54, 1.807) is 19.1 Å². The minimum absolute atomic E-state index is 0.323. The smallest absolute Gasteiger partial charge is 0.351 e. The zero-order chi connectivity index (χ0) is 11.9. The van der Waals surface area contributed by atoms with Crippen LogP contribution in [0.1, 0.15) is 16.8 Å². The van der Waals surface area contributed by atoms with Crippen LogP contribution in [0.2, 0.25) is 0 Å². The number of aromatic nitrogens is 1. The molecule has 0 saturated carbocycles. The maximum atomic E-state index is 12.5. The third-order valence-electron chi connectivity index (χ3n) is 2.53. The Hall–Kier alpha value is -1.49. The van der Waals surface area contributed by atoms with Crippen molar-refractivity contribution in [1.82, 2.24) is 4.98 Å². The fourth-order valence-electron chi connectivity index (χ4n) is 1.77. The number of halogens is 3. The van der Waals surface area contributed by atoms with E-state index >= 15 is 0 Å². The number of rotatable bonds is 1. The molecule has 0 fully saturated rings. The van der Waals surface area contributed by atoms with Crippen LogP contribution in [0.15, 0.2) is 18.2 Å². The second-order valence-corrected chi connectivity index (χ2v) is 3.76. The lowest BCUT2D eigenvalue weighted by Crippen LogP contribution is -2.04. The van der Waals surface area contributed by atoms with Crippen LogP contribution in [-0.2, 0) is 12.7 Å². The summed E-state index contributed by atoms with van der Waals surface area (Å²) in [5, 5.41) is 0.549. The van der Waals surface area contributed by atoms with Crippen molar-refractivity contribution < 1.29 is 13.2 Å². The fourth-order valence-corrected chi connectivity index (χ4v) is 1.77. The van der Waals surface area contributed by atoms with Crippen molar-refractivity contribution in [3.05, 3.63) is 35.0 Å². The summed E-state index contributed by atoms with van der Waals surface area (Å²) < 4.78 is 37.5. The second-order valence-electron chi connectivity index (χ2n) is 3.76. The summed E-state index contributed by atoms with van der Waals surface area (Å²) in [4.78, 5) is 2.39. The van der Waals surface area contributed by atoms with E-state index < -0.39 is 11.9 Å². The van der Waals surface area contributed by atoms with Crippen LogP contribution in [-0.4, -0.2) is 4.98 Å². The Kier molecular flexibility index (Phi) is 2.42. The van der Waals surface area contributed by atoms with E-state index in [2.05, 4.69) is 4.98 Å². The van der Waals surface area contributed by atoms with Crippen molar-refractivity contribution in [1.29, 1.82) is 0 Å². The number of aryl methyl sites for hydroxylation is 1. The van der Waals surface area contributed by atoms with Crippen LogP contribution >= 0.6 is 0 Å². The van der Waals surface area contributed by atoms with Crippen LogP contribution in [0, 0.1) is 6.92 Å². The SMILES string of the molecule is Cc1cc(CN)cc2cc(C(F)(F)F)[nH]c12. The molecule has 0 aliphatic heterocycles. The minimum atomic E-state index is -4.34. The van der Waals surface area contributed by atoms with Crippen molar-refractivity contribution in [3.8, 4) is 0 Å². The molecule has 0 saturated heterocycles. The molecule has 2 rings (SSSR count). The maximum absolute atomic E-state index is 12.5. The summed E-state index contributed by atoms with van der Waals surface area (Å²) in [5.41, 5.74) is 6.87. The van der Waals surface area contributed by atoms with Gasteiger partial charge < -0.3 is 10.7 Å². The normalized spacial score (nSPS) is 12.3. The van der Waals surface area contributed by atoms with E-state index in [1.807, 2.05) is 0 Å². The molecule has 2 aromatic rings. The van der Waals surface area contributed by atoms with Crippen molar-refractivity contribution >= 4 is 10.9 Å². The molecular weight excluding hydrogens is 217 g/mol. The van der Waals surface area contributed by atoms with Gasteiger partial charge in [0.15, 0.2) is 0 Å². The molecule has 0 amide bonds. The molecule has 1 aromatic heterocycles. The second kappa shape index (κ2) is 3.52. The highest BCUT2D eigenvalue weighted by Gasteiger charge is 2.32. The van der Waals surface area contributed by atoms with Gasteiger partial charge in [0.05, 0.1) is 0 Å². The standard InChI is InChI=1S/C11H11F3N2/c1-6-2-7(5-15)3-8-4-9(11(12,13)14)16-10(6)8/h2-4,16H,5,15H2,1H3. The van der Waals surface area contributed by atoms with E-state index in [0.717, 1.165) is 17.2 Å². The average molecular weight is 228 g/mol. The van der Waals surface area contributed by atoms with Gasteiger partial charge in [-0.15, -0.1) is 0 Å². The number of hydrogen-bond acceptors (Lipinski definition) is 1. The Morgan fingerprint density at radius 1 is 1.25 bits per heavy atom. The van der Waals surface area contributed by atoms with Gasteiger partial charge in [-0.1, -0.05) is 6.07 Å². The Labute approximate surface area is 90.3 Å². The predicted octanol–water partition coefficient (Wildman–Crippen LogP) is 2.95. The quantitative estimate of drug-likeness (QED) is 0.774. The zero-order valence-electron chi connectivity index (χ0n) is 8.65. The van der Waals surface area contributed by atoms with Crippen LogP contribution < -0.4 is 5.73 Å². The fraction of sp³-hybridized carbons (Fsp3) is 0.273. The van der Waals surface area contributed by atoms with E-state index in [1.165, 1.54) is 0 Å². The monoisotopic (exact) mass is 228 g/mol. The number of nitrogens with one attached hydrogen (secondary N) is 1. The number of H-pyrrole nitrogens is 1. The predicted molar refractivity (Wildman–Crippen MR) is 55.9 cm³/mol. The number of hydrogen-bond donors (Lipinski definition) is 2. The number of nitrogens with two attached hydrogens (primary N) is 1. The molecule has 1 heterocycles. The lowest BCUT2D eigenvalue weighted by molar-refractivity contribution is -0.140. The molecule has 1 aromatic carbocycles. The lowest BCUT2D eigenvalue weighted by Gasteiger charge is -2.02. The van der Waals surface area contributed by atoms with Gasteiger partial charge in [0.2, 0.25) is 0 Å². The highest BCUT2D eigenvalue weighted by Crippen LogP contribution is 2.32. The summed E-state index contributed by atoms with van der Waals surface area (Å²) in [5.74, 6) is 0. The highest BCUT2D eigenvalue weighted by molar-refractivity contribution is 5.84. The van der Waals surface area contributed by atoms with Crippen LogP contribution in [0.4, 0.5) is 13.2 Å². The summed E-state index contributed by atoms with van der Waals surface area (Å²) in [6.07, 6.45) is -4.34. The summed E-state index contributed by atoms with van der Waals surface area (Å²) >= 11 is 0. The molecule has 0 atom stereocenters. The van der Waals surface area contributed by atoms with Crippen molar-refractivity contribution in [2.24, 2.45) is 5.73 Å². The molecule has 3 N–H and O–H groups in total. The van der Waals surface area contributed by atoms with Gasteiger partial charge in [-0.2, -0.15) is 13.2 Å². The first-order valence-electron chi connectivity index (χ1n) is 4.81. The van der Waals surface area contributed by atoms with Crippen molar-refractivity contribution in [2.45, 2.75) is 19.6 Å². The van der Waals surface area contributed by atoms with Gasteiger partial charge in [-0.05, 0) is 30.2 Å². The van der Waals surface area contributed by atoms with E-state index in [9.17, 15) is 13.2 Å². The van der Waals surface area contributed by atoms with E-state index in [-0.39, 0.29) is 0 Å². The molecular formula is C11H11F3N2. The molecule has 0 aliphatic carbocycles. The number of fused-ring (bicyclic) bond motifs is 1. The van der Waals surface area contributed by atoms with Gasteiger partial charge in [-0.3, -0.25) is 0 Å². The van der Waals surface area contributed by atoms with Gasteiger partial charge in [0.1, 0.15) is 5.69 Å². The summed E-state index contributed by atoms with van der Waals surface area (Å²) in [7, 11) is 0. The average Bonchev–Trinajstić information content (AvgIpc) is 2.61. The third-order valence-corrected chi connectivity index (χ3v) is 2.53. The number of aromatic amines is 1. The molecule has 0 aliphatic rings. The van der Waals surface area contributed by atoms with Crippen LogP contribution in [0.25, 0.3) is 10.9 Å². The van der Waals surface area contributed by atoms with Crippen LogP contribution in [0.3, 0.4) is 0 Å². The van der Waals surface area contributed by atoms with Crippen molar-refractivity contribution in [3.63, 3.8) is 0 Å². The number of benzene rings is 1. The molecule has 0 bridgehead atoms. The Morgan fingerprint density at radius 3 is 2.50 bits per heavy atom. The molecule has 0 spiro atoms. The minimum Gasteiger partial charge on any atom is -0.351 e. The lowest BCUT2D eigenvalue weighted by atomic mass is 10.1. The van der Waals surface area contributed by atoms with Crippen molar-refractivity contribution in [2.75, 3.05) is 0 Å². The molecule has 0 radical (unpaired) electrons. The third kappa shape index (κ3) is 1.78.